The van der Waals surface area contributed by atoms with Crippen molar-refractivity contribution in [2.75, 3.05) is 5.75 Å². The Balaban J connectivity index is 1.58. The molecule has 3 aromatic carbocycles. The van der Waals surface area contributed by atoms with Crippen LogP contribution in [0, 0.1) is 20.8 Å². The lowest BCUT2D eigenvalue weighted by Crippen LogP contribution is -2.23. The first-order chi connectivity index (χ1) is 19.4. The highest BCUT2D eigenvalue weighted by atomic mass is 32.2. The molecule has 216 valence electrons. The molecule has 0 saturated heterocycles. The fraction of sp³-hybridized carbons (Fsp3) is 0.303. The largest absolute Gasteiger partial charge is 0.455 e. The topological polar surface area (TPSA) is 53.7 Å². The molecule has 0 aliphatic rings. The van der Waals surface area contributed by atoms with E-state index >= 15 is 0 Å². The first-order valence-corrected chi connectivity index (χ1v) is 14.3. The quantitative estimate of drug-likeness (QED) is 0.181. The molecule has 41 heavy (non-hydrogen) atoms. The number of benzene rings is 3. The fourth-order valence-electron chi connectivity index (χ4n) is 4.93. The molecule has 0 atom stereocenters. The van der Waals surface area contributed by atoms with Crippen molar-refractivity contribution in [3.8, 4) is 11.1 Å². The number of thioether (sulfide) groups is 1. The molecule has 4 aromatic rings. The van der Waals surface area contributed by atoms with Crippen LogP contribution in [0.3, 0.4) is 0 Å². The third kappa shape index (κ3) is 8.12. The summed E-state index contributed by atoms with van der Waals surface area (Å²) in [6.45, 7) is 8.90. The zero-order valence-corrected chi connectivity index (χ0v) is 24.5. The van der Waals surface area contributed by atoms with E-state index in [2.05, 4.69) is 30.9 Å². The maximum atomic E-state index is 13.2. The van der Waals surface area contributed by atoms with Crippen LogP contribution in [-0.2, 0) is 37.2 Å². The summed E-state index contributed by atoms with van der Waals surface area (Å²) in [7, 11) is 0. The summed E-state index contributed by atoms with van der Waals surface area (Å²) in [6.07, 6.45) is -4.52. The summed E-state index contributed by atoms with van der Waals surface area (Å²) >= 11 is 1.41. The number of nitrogens with zero attached hydrogens (tertiary/aromatic N) is 1. The van der Waals surface area contributed by atoms with Crippen LogP contribution < -0.4 is 0 Å². The number of carbonyl (C=O) groups is 1. The Bertz CT molecular complexity index is 1490. The van der Waals surface area contributed by atoms with Gasteiger partial charge >= 0.3 is 6.18 Å². The Morgan fingerprint density at radius 3 is 2.12 bits per heavy atom. The van der Waals surface area contributed by atoms with E-state index in [1.54, 1.807) is 6.92 Å². The highest BCUT2D eigenvalue weighted by molar-refractivity contribution is 8.00. The zero-order valence-electron chi connectivity index (χ0n) is 23.6. The van der Waals surface area contributed by atoms with E-state index in [0.717, 1.165) is 49.9 Å². The molecule has 1 aromatic heterocycles. The Morgan fingerprint density at radius 1 is 0.878 bits per heavy atom. The van der Waals surface area contributed by atoms with E-state index in [1.807, 2.05) is 49.4 Å². The number of aliphatic hydroxyl groups excluding tert-OH is 1. The molecule has 0 bridgehead atoms. The number of aryl methyl sites for hydroxylation is 3. The molecule has 0 amide bonds. The van der Waals surface area contributed by atoms with Crippen molar-refractivity contribution < 1.29 is 27.5 Å². The molecule has 4 rings (SSSR count). The molecule has 0 radical (unpaired) electrons. The lowest BCUT2D eigenvalue weighted by molar-refractivity contribution is -0.153. The van der Waals surface area contributed by atoms with E-state index < -0.39 is 11.9 Å². The highest BCUT2D eigenvalue weighted by Gasteiger charge is 2.34. The van der Waals surface area contributed by atoms with Gasteiger partial charge in [-0.2, -0.15) is 13.2 Å². The molecule has 1 N–H and O–H groups in total. The Kier molecular flexibility index (Phi) is 9.79. The number of alkyl halides is 3. The van der Waals surface area contributed by atoms with Gasteiger partial charge in [-0.25, -0.2) is 0 Å². The van der Waals surface area contributed by atoms with E-state index in [0.29, 0.717) is 18.8 Å². The van der Waals surface area contributed by atoms with Crippen LogP contribution in [-0.4, -0.2) is 21.5 Å². The minimum Gasteiger partial charge on any atom is -0.455 e. The summed E-state index contributed by atoms with van der Waals surface area (Å²) in [4.78, 5) is 14.4. The van der Waals surface area contributed by atoms with Gasteiger partial charge in [-0.15, -0.1) is 11.8 Å². The smallest absolute Gasteiger partial charge is 0.449 e. The van der Waals surface area contributed by atoms with Crippen LogP contribution in [0.2, 0.25) is 0 Å². The maximum Gasteiger partial charge on any atom is 0.449 e. The molecule has 0 aliphatic carbocycles. The number of Topliss-reactive ketones (excluding diaryl/α,β-unsaturated/α-hetero) is 1. The minimum absolute atomic E-state index is 0.0680. The summed E-state index contributed by atoms with van der Waals surface area (Å²) in [6, 6.07) is 20.5. The zero-order chi connectivity index (χ0) is 29.7. The number of hydrogen-bond acceptors (Lipinski definition) is 5. The normalized spacial score (nSPS) is 11.8. The molecule has 1 heterocycles. The number of hydrogen-bond donors (Lipinski definition) is 1. The third-order valence-corrected chi connectivity index (χ3v) is 8.15. The van der Waals surface area contributed by atoms with Crippen LogP contribution in [0.4, 0.5) is 13.2 Å². The first kappa shape index (κ1) is 30.6. The molecule has 0 spiro atoms. The van der Waals surface area contributed by atoms with E-state index in [1.165, 1.54) is 23.4 Å². The average Bonchev–Trinajstić information content (AvgIpc) is 3.39. The SMILES string of the molecule is CC(=O)CSc1cc(-c2ccc(CN(Cc3ccc(C(F)(F)F)o3)Cc3c(C)cc(C)cc3C)cc2)ccc1CO. The van der Waals surface area contributed by atoms with Gasteiger partial charge in [0, 0.05) is 18.0 Å². The lowest BCUT2D eigenvalue weighted by atomic mass is 9.99. The van der Waals surface area contributed by atoms with Crippen LogP contribution in [0.5, 0.6) is 0 Å². The standard InChI is InChI=1S/C33H34F3NO3S/c1-21-13-22(2)30(23(3)14-21)18-37(17-29-11-12-32(40-29)33(34,35)36)16-25-5-7-26(8-6-25)27-9-10-28(19-38)31(15-27)41-20-24(4)39/h5-15,38H,16-20H2,1-4H3. The van der Waals surface area contributed by atoms with Crippen LogP contribution in [0.25, 0.3) is 11.1 Å². The van der Waals surface area contributed by atoms with E-state index in [-0.39, 0.29) is 24.7 Å². The van der Waals surface area contributed by atoms with Gasteiger partial charge in [0.1, 0.15) is 11.5 Å². The number of aliphatic hydroxyl groups is 1. The van der Waals surface area contributed by atoms with E-state index in [4.69, 9.17) is 4.42 Å². The van der Waals surface area contributed by atoms with Crippen molar-refractivity contribution in [3.05, 3.63) is 112 Å². The minimum atomic E-state index is -4.52. The van der Waals surface area contributed by atoms with Crippen molar-refractivity contribution in [3.63, 3.8) is 0 Å². The van der Waals surface area contributed by atoms with Gasteiger partial charge in [0.05, 0.1) is 18.9 Å². The molecule has 0 fully saturated rings. The number of ketones is 1. The lowest BCUT2D eigenvalue weighted by Gasteiger charge is -2.24. The monoisotopic (exact) mass is 581 g/mol. The molecule has 0 saturated carbocycles. The van der Waals surface area contributed by atoms with Crippen LogP contribution in [0.1, 0.15) is 51.8 Å². The molecule has 4 nitrogen and oxygen atoms in total. The number of carbonyl (C=O) groups excluding carboxylic acids is 1. The van der Waals surface area contributed by atoms with Crippen molar-refractivity contribution in [1.82, 2.24) is 4.90 Å². The van der Waals surface area contributed by atoms with Gasteiger partial charge in [-0.3, -0.25) is 9.69 Å². The van der Waals surface area contributed by atoms with Gasteiger partial charge in [0.2, 0.25) is 5.76 Å². The van der Waals surface area contributed by atoms with Crippen LogP contribution in [0.15, 0.2) is 76.0 Å². The van der Waals surface area contributed by atoms with Gasteiger partial charge < -0.3 is 9.52 Å². The Labute approximate surface area is 243 Å². The summed E-state index contributed by atoms with van der Waals surface area (Å²) in [5, 5.41) is 9.70. The number of furan rings is 1. The van der Waals surface area contributed by atoms with Crippen LogP contribution >= 0.6 is 11.8 Å². The van der Waals surface area contributed by atoms with E-state index in [9.17, 15) is 23.1 Å². The number of halogens is 3. The van der Waals surface area contributed by atoms with Crippen molar-refractivity contribution in [2.45, 2.75) is 65.0 Å². The predicted octanol–water partition coefficient (Wildman–Crippen LogP) is 8.27. The van der Waals surface area contributed by atoms with Gasteiger partial charge in [0.15, 0.2) is 0 Å². The van der Waals surface area contributed by atoms with Crippen molar-refractivity contribution in [2.24, 2.45) is 0 Å². The second kappa shape index (κ2) is 13.1. The van der Waals surface area contributed by atoms with Gasteiger partial charge in [0.25, 0.3) is 0 Å². The highest BCUT2D eigenvalue weighted by Crippen LogP contribution is 2.32. The molecule has 0 unspecified atom stereocenters. The molecular formula is C33H34F3NO3S. The first-order valence-electron chi connectivity index (χ1n) is 13.3. The summed E-state index contributed by atoms with van der Waals surface area (Å²) < 4.78 is 44.7. The van der Waals surface area contributed by atoms with Crippen molar-refractivity contribution in [1.29, 1.82) is 0 Å². The van der Waals surface area contributed by atoms with Gasteiger partial charge in [-0.05, 0) is 84.8 Å². The summed E-state index contributed by atoms with van der Waals surface area (Å²) in [5.74, 6) is -0.326. The van der Waals surface area contributed by atoms with Crippen molar-refractivity contribution >= 4 is 17.5 Å². The second-order valence-corrected chi connectivity index (χ2v) is 11.5. The molecular weight excluding hydrogens is 547 g/mol. The number of rotatable bonds is 11. The summed E-state index contributed by atoms with van der Waals surface area (Å²) in [5.41, 5.74) is 8.35. The Morgan fingerprint density at radius 2 is 1.54 bits per heavy atom. The second-order valence-electron chi connectivity index (χ2n) is 10.5. The Hall–Kier alpha value is -3.33. The van der Waals surface area contributed by atoms with Gasteiger partial charge in [-0.1, -0.05) is 54.1 Å². The maximum absolute atomic E-state index is 13.2. The molecule has 8 heteroatoms. The third-order valence-electron chi connectivity index (χ3n) is 6.90. The average molecular weight is 582 g/mol. The predicted molar refractivity (Wildman–Crippen MR) is 157 cm³/mol. The fourth-order valence-corrected chi connectivity index (χ4v) is 5.81. The molecule has 0 aliphatic heterocycles.